The lowest BCUT2D eigenvalue weighted by Crippen LogP contribution is -2.42. The van der Waals surface area contributed by atoms with E-state index in [1.54, 1.807) is 60.4 Å². The van der Waals surface area contributed by atoms with Gasteiger partial charge in [0.25, 0.3) is 0 Å². The highest BCUT2D eigenvalue weighted by Crippen LogP contribution is 2.45. The molecule has 3 rings (SSSR count). The average molecular weight is 444 g/mol. The first-order valence-corrected chi connectivity index (χ1v) is 9.98. The fourth-order valence-electron chi connectivity index (χ4n) is 3.71. The zero-order valence-corrected chi connectivity index (χ0v) is 18.1. The van der Waals surface area contributed by atoms with Gasteiger partial charge < -0.3 is 19.1 Å². The third-order valence-electron chi connectivity index (χ3n) is 4.95. The number of nitrogens with zero attached hydrogens (tertiary/aromatic N) is 1. The molecule has 0 amide bonds. The number of methoxy groups -OCH3 is 2. The Labute approximate surface area is 185 Å². The molecule has 1 aliphatic heterocycles. The standard InChI is InChI=1S/C23H22ClNO6/c1-4-31-23(28)20-18(22(27)30-3)17(21(26)29-2)19(14-10-12-15(24)13-11-14)25(20)16-8-6-5-7-9-16/h5-13,19-20H,4H2,1-3H3/t19-,20+/m1/s1. The molecular formula is C23H22ClNO6. The topological polar surface area (TPSA) is 82.1 Å². The van der Waals surface area contributed by atoms with E-state index in [0.717, 1.165) is 0 Å². The van der Waals surface area contributed by atoms with E-state index in [0.29, 0.717) is 16.3 Å². The number of carbonyl (C=O) groups excluding carboxylic acids is 3. The Bertz CT molecular complexity index is 1000. The lowest BCUT2D eigenvalue weighted by atomic mass is 9.96. The zero-order valence-electron chi connectivity index (χ0n) is 17.3. The molecule has 0 saturated heterocycles. The van der Waals surface area contributed by atoms with Gasteiger partial charge in [-0.1, -0.05) is 41.9 Å². The lowest BCUT2D eigenvalue weighted by molar-refractivity contribution is -0.146. The second-order valence-corrected chi connectivity index (χ2v) is 7.10. The van der Waals surface area contributed by atoms with Crippen LogP contribution in [-0.2, 0) is 28.6 Å². The van der Waals surface area contributed by atoms with Crippen LogP contribution in [-0.4, -0.2) is 44.8 Å². The molecule has 2 aromatic rings. The molecule has 0 radical (unpaired) electrons. The summed E-state index contributed by atoms with van der Waals surface area (Å²) in [4.78, 5) is 40.5. The van der Waals surface area contributed by atoms with Crippen LogP contribution >= 0.6 is 11.6 Å². The van der Waals surface area contributed by atoms with Crippen molar-refractivity contribution in [3.8, 4) is 0 Å². The van der Waals surface area contributed by atoms with Crippen LogP contribution in [0.4, 0.5) is 5.69 Å². The van der Waals surface area contributed by atoms with Crippen molar-refractivity contribution in [2.75, 3.05) is 25.7 Å². The van der Waals surface area contributed by atoms with Crippen LogP contribution in [0.3, 0.4) is 0 Å². The summed E-state index contributed by atoms with van der Waals surface area (Å²) in [6.45, 7) is 1.77. The monoisotopic (exact) mass is 443 g/mol. The Hall–Kier alpha value is -3.32. The van der Waals surface area contributed by atoms with Crippen molar-refractivity contribution in [1.82, 2.24) is 0 Å². The van der Waals surface area contributed by atoms with Crippen molar-refractivity contribution in [2.45, 2.75) is 19.0 Å². The number of para-hydroxylation sites is 1. The van der Waals surface area contributed by atoms with Gasteiger partial charge in [-0.15, -0.1) is 0 Å². The fraction of sp³-hybridized carbons (Fsp3) is 0.261. The van der Waals surface area contributed by atoms with E-state index in [9.17, 15) is 14.4 Å². The maximum atomic E-state index is 13.1. The largest absolute Gasteiger partial charge is 0.466 e. The summed E-state index contributed by atoms with van der Waals surface area (Å²) >= 11 is 6.05. The number of esters is 3. The SMILES string of the molecule is CCOC(=O)[C@@H]1C(C(=O)OC)=C(C(=O)OC)[C@@H](c2ccc(Cl)cc2)N1c1ccccc1. The molecule has 8 heteroatoms. The van der Waals surface area contributed by atoms with Crippen LogP contribution in [0, 0.1) is 0 Å². The number of halogens is 1. The Balaban J connectivity index is 2.33. The number of rotatable bonds is 6. The van der Waals surface area contributed by atoms with E-state index in [-0.39, 0.29) is 17.8 Å². The van der Waals surface area contributed by atoms with E-state index < -0.39 is 30.0 Å². The third kappa shape index (κ3) is 4.27. The maximum absolute atomic E-state index is 13.1. The number of ether oxygens (including phenoxy) is 3. The third-order valence-corrected chi connectivity index (χ3v) is 5.21. The van der Waals surface area contributed by atoms with Crippen LogP contribution in [0.1, 0.15) is 18.5 Å². The molecule has 0 spiro atoms. The molecule has 0 N–H and O–H groups in total. The van der Waals surface area contributed by atoms with Crippen LogP contribution < -0.4 is 4.90 Å². The summed E-state index contributed by atoms with van der Waals surface area (Å²) in [6, 6.07) is 13.8. The second kappa shape index (κ2) is 9.66. The van der Waals surface area contributed by atoms with Crippen LogP contribution in [0.25, 0.3) is 0 Å². The summed E-state index contributed by atoms with van der Waals surface area (Å²) < 4.78 is 15.2. The predicted octanol–water partition coefficient (Wildman–Crippen LogP) is 3.48. The van der Waals surface area contributed by atoms with Gasteiger partial charge in [-0.2, -0.15) is 0 Å². The number of anilines is 1. The van der Waals surface area contributed by atoms with E-state index in [2.05, 4.69) is 0 Å². The van der Waals surface area contributed by atoms with Crippen molar-refractivity contribution in [3.63, 3.8) is 0 Å². The second-order valence-electron chi connectivity index (χ2n) is 6.66. The minimum Gasteiger partial charge on any atom is -0.466 e. The van der Waals surface area contributed by atoms with Crippen molar-refractivity contribution >= 4 is 35.2 Å². The first-order valence-electron chi connectivity index (χ1n) is 9.60. The van der Waals surface area contributed by atoms with E-state index in [1.165, 1.54) is 14.2 Å². The highest BCUT2D eigenvalue weighted by molar-refractivity contribution is 6.30. The molecule has 0 saturated carbocycles. The fourth-order valence-corrected chi connectivity index (χ4v) is 3.83. The summed E-state index contributed by atoms with van der Waals surface area (Å²) in [6.07, 6.45) is 0. The van der Waals surface area contributed by atoms with Gasteiger partial charge in [0.1, 0.15) is 0 Å². The van der Waals surface area contributed by atoms with E-state index in [1.807, 2.05) is 6.07 Å². The first-order chi connectivity index (χ1) is 14.9. The summed E-state index contributed by atoms with van der Waals surface area (Å²) in [5, 5.41) is 0.506. The summed E-state index contributed by atoms with van der Waals surface area (Å²) in [5.74, 6) is -2.23. The predicted molar refractivity (Wildman–Crippen MR) is 115 cm³/mol. The quantitative estimate of drug-likeness (QED) is 0.499. The van der Waals surface area contributed by atoms with Gasteiger partial charge in [0.05, 0.1) is 38.0 Å². The van der Waals surface area contributed by atoms with Gasteiger partial charge in [-0.25, -0.2) is 14.4 Å². The van der Waals surface area contributed by atoms with Gasteiger partial charge in [0.15, 0.2) is 6.04 Å². The molecule has 0 fully saturated rings. The van der Waals surface area contributed by atoms with E-state index >= 15 is 0 Å². The molecule has 0 aromatic heterocycles. The first kappa shape index (κ1) is 22.4. The highest BCUT2D eigenvalue weighted by atomic mass is 35.5. The van der Waals surface area contributed by atoms with Crippen LogP contribution in [0.5, 0.6) is 0 Å². The number of hydrogen-bond donors (Lipinski definition) is 0. The Morgan fingerprint density at radius 1 is 0.903 bits per heavy atom. The highest BCUT2D eigenvalue weighted by Gasteiger charge is 2.51. The Morgan fingerprint density at radius 3 is 2.03 bits per heavy atom. The molecular weight excluding hydrogens is 422 g/mol. The zero-order chi connectivity index (χ0) is 22.5. The minimum absolute atomic E-state index is 0.0126. The van der Waals surface area contributed by atoms with Gasteiger partial charge >= 0.3 is 17.9 Å². The minimum atomic E-state index is -1.20. The van der Waals surface area contributed by atoms with Crippen LogP contribution in [0.15, 0.2) is 65.7 Å². The molecule has 1 heterocycles. The Kier molecular flexibility index (Phi) is 6.97. The summed E-state index contributed by atoms with van der Waals surface area (Å²) in [5.41, 5.74) is 1.15. The average Bonchev–Trinajstić information content (AvgIpc) is 3.15. The molecule has 162 valence electrons. The molecule has 2 aromatic carbocycles. The molecule has 31 heavy (non-hydrogen) atoms. The lowest BCUT2D eigenvalue weighted by Gasteiger charge is -2.33. The van der Waals surface area contributed by atoms with Gasteiger partial charge in [0, 0.05) is 10.7 Å². The van der Waals surface area contributed by atoms with Crippen molar-refractivity contribution in [2.24, 2.45) is 0 Å². The molecule has 7 nitrogen and oxygen atoms in total. The van der Waals surface area contributed by atoms with Crippen molar-refractivity contribution in [3.05, 3.63) is 76.3 Å². The molecule has 0 bridgehead atoms. The van der Waals surface area contributed by atoms with Gasteiger partial charge in [0.2, 0.25) is 0 Å². The molecule has 2 atom stereocenters. The van der Waals surface area contributed by atoms with Gasteiger partial charge in [-0.3, -0.25) is 0 Å². The normalized spacial score (nSPS) is 18.0. The van der Waals surface area contributed by atoms with Crippen molar-refractivity contribution < 1.29 is 28.6 Å². The smallest absolute Gasteiger partial charge is 0.337 e. The molecule has 0 unspecified atom stereocenters. The number of carbonyl (C=O) groups is 3. The van der Waals surface area contributed by atoms with Gasteiger partial charge in [-0.05, 0) is 36.8 Å². The number of benzene rings is 2. The maximum Gasteiger partial charge on any atom is 0.337 e. The van der Waals surface area contributed by atoms with E-state index in [4.69, 9.17) is 25.8 Å². The summed E-state index contributed by atoms with van der Waals surface area (Å²) in [7, 11) is 2.41. The van der Waals surface area contributed by atoms with Crippen LogP contribution in [0.2, 0.25) is 5.02 Å². The number of hydrogen-bond acceptors (Lipinski definition) is 7. The van der Waals surface area contributed by atoms with Crippen molar-refractivity contribution in [1.29, 1.82) is 0 Å². The molecule has 1 aliphatic rings. The Morgan fingerprint density at radius 2 is 1.48 bits per heavy atom. The molecule has 0 aliphatic carbocycles.